The number of nitrogens with zero attached hydrogens (tertiary/aromatic N) is 4. The van der Waals surface area contributed by atoms with Crippen LogP contribution < -0.4 is 0 Å². The Morgan fingerprint density at radius 2 is 1.36 bits per heavy atom. The first kappa shape index (κ1) is 26.8. The highest BCUT2D eigenvalue weighted by Crippen LogP contribution is 2.50. The van der Waals surface area contributed by atoms with Crippen molar-refractivity contribution in [1.29, 1.82) is 5.26 Å². The molecule has 45 heavy (non-hydrogen) atoms. The third kappa shape index (κ3) is 3.97. The molecule has 0 N–H and O–H groups in total. The molecule has 4 nitrogen and oxygen atoms in total. The molecule has 1 aliphatic carbocycles. The molecule has 0 aliphatic heterocycles. The van der Waals surface area contributed by atoms with Crippen LogP contribution in [0.15, 0.2) is 121 Å². The smallest absolute Gasteiger partial charge is 0.173 e. The number of hydrogen-bond acceptors (Lipinski definition) is 1. The largest absolute Gasteiger partial charge is 0.324 e. The molecule has 0 amide bonds. The number of allylic oxidation sites excluding steroid dienone is 2. The second-order valence-corrected chi connectivity index (χ2v) is 12.4. The Bertz CT molecular complexity index is 2410. The summed E-state index contributed by atoms with van der Waals surface area (Å²) in [6.45, 7) is 12.3. The van der Waals surface area contributed by atoms with Crippen molar-refractivity contribution in [1.82, 2.24) is 9.13 Å². The minimum atomic E-state index is -0.441. The van der Waals surface area contributed by atoms with Gasteiger partial charge in [0.1, 0.15) is 0 Å². The average molecular weight is 579 g/mol. The topological polar surface area (TPSA) is 38.0 Å². The maximum atomic E-state index is 10.4. The van der Waals surface area contributed by atoms with Gasteiger partial charge >= 0.3 is 0 Å². The van der Waals surface area contributed by atoms with Gasteiger partial charge in [-0.1, -0.05) is 98.8 Å². The van der Waals surface area contributed by atoms with Crippen LogP contribution in [0.3, 0.4) is 0 Å². The Morgan fingerprint density at radius 1 is 0.756 bits per heavy atom. The number of rotatable bonds is 5. The lowest BCUT2D eigenvalue weighted by Gasteiger charge is -2.21. The van der Waals surface area contributed by atoms with Crippen molar-refractivity contribution in [3.8, 4) is 17.2 Å². The highest BCUT2D eigenvalue weighted by atomic mass is 15.0. The van der Waals surface area contributed by atoms with Crippen molar-refractivity contribution < 1.29 is 0 Å². The second-order valence-electron chi connectivity index (χ2n) is 12.4. The van der Waals surface area contributed by atoms with E-state index in [0.29, 0.717) is 6.42 Å². The van der Waals surface area contributed by atoms with Gasteiger partial charge in [-0.2, -0.15) is 5.26 Å². The lowest BCUT2D eigenvalue weighted by molar-refractivity contribution is 0.661. The monoisotopic (exact) mass is 578 g/mol. The summed E-state index contributed by atoms with van der Waals surface area (Å²) < 4.78 is 4.37. The van der Waals surface area contributed by atoms with E-state index in [1.165, 1.54) is 33.0 Å². The maximum Gasteiger partial charge on any atom is 0.173 e. The Morgan fingerprint density at radius 3 is 2.02 bits per heavy atom. The van der Waals surface area contributed by atoms with Crippen molar-refractivity contribution in [2.45, 2.75) is 25.7 Å². The number of hydrogen-bond donors (Lipinski definition) is 0. The van der Waals surface area contributed by atoms with Crippen LogP contribution in [0, 0.1) is 23.8 Å². The summed E-state index contributed by atoms with van der Waals surface area (Å²) in [5.74, 6) is -0.441. The van der Waals surface area contributed by atoms with Gasteiger partial charge in [0.05, 0.1) is 40.6 Å². The Balaban J connectivity index is 1.24. The molecule has 0 spiro atoms. The van der Waals surface area contributed by atoms with Crippen LogP contribution in [-0.4, -0.2) is 9.13 Å². The molecule has 1 aliphatic rings. The van der Waals surface area contributed by atoms with Gasteiger partial charge in [0.15, 0.2) is 6.20 Å². The number of benzene rings is 5. The van der Waals surface area contributed by atoms with Crippen molar-refractivity contribution in [3.63, 3.8) is 0 Å². The highest BCUT2D eigenvalue weighted by Gasteiger charge is 2.36. The fraction of sp³-hybridized carbons (Fsp3) is 0.122. The van der Waals surface area contributed by atoms with Crippen LogP contribution in [0.1, 0.15) is 31.4 Å². The highest BCUT2D eigenvalue weighted by molar-refractivity contribution is 6.12. The Kier molecular flexibility index (Phi) is 6.02. The number of fused-ring (bicyclic) bond motifs is 9. The fourth-order valence-electron chi connectivity index (χ4n) is 7.43. The summed E-state index contributed by atoms with van der Waals surface area (Å²) >= 11 is 0. The predicted molar refractivity (Wildman–Crippen MR) is 186 cm³/mol. The van der Waals surface area contributed by atoms with Crippen LogP contribution in [0.4, 0.5) is 0 Å². The normalized spacial score (nSPS) is 14.6. The van der Waals surface area contributed by atoms with Crippen molar-refractivity contribution in [2.24, 2.45) is 5.92 Å². The third-order valence-corrected chi connectivity index (χ3v) is 9.56. The molecule has 0 radical (unpaired) electrons. The first-order valence-electron chi connectivity index (χ1n) is 15.3. The lowest BCUT2D eigenvalue weighted by atomic mass is 9.82. The van der Waals surface area contributed by atoms with E-state index >= 15 is 0 Å². The van der Waals surface area contributed by atoms with Crippen LogP contribution in [0.5, 0.6) is 0 Å². The SMILES string of the molecule is [C-]#[N+]/C=C(/CC(C#N)/C=C/n1c2ccccc2c2cc3c(cc21)C(C)(C)c1ccccc1-3)n1c2ccccc2c2ccccc21. The van der Waals surface area contributed by atoms with E-state index in [1.807, 2.05) is 30.3 Å². The Labute approximate surface area is 262 Å². The van der Waals surface area contributed by atoms with Crippen LogP contribution in [0.2, 0.25) is 0 Å². The van der Waals surface area contributed by atoms with Gasteiger partial charge in [-0.15, -0.1) is 0 Å². The molecule has 1 atom stereocenters. The van der Waals surface area contributed by atoms with E-state index in [-0.39, 0.29) is 5.41 Å². The molecular formula is C41H30N4. The zero-order valence-corrected chi connectivity index (χ0v) is 25.2. The maximum absolute atomic E-state index is 10.4. The molecule has 0 fully saturated rings. The molecule has 2 heterocycles. The van der Waals surface area contributed by atoms with E-state index in [9.17, 15) is 5.26 Å². The van der Waals surface area contributed by atoms with E-state index in [0.717, 1.165) is 38.5 Å². The summed E-state index contributed by atoms with van der Waals surface area (Å²) in [5, 5.41) is 15.1. The molecule has 5 aromatic carbocycles. The first-order valence-corrected chi connectivity index (χ1v) is 15.3. The molecule has 4 heteroatoms. The van der Waals surface area contributed by atoms with Gasteiger partial charge in [0, 0.05) is 38.9 Å². The van der Waals surface area contributed by atoms with Crippen molar-refractivity contribution in [2.75, 3.05) is 0 Å². The number of nitriles is 1. The van der Waals surface area contributed by atoms with Gasteiger partial charge in [0.2, 0.25) is 0 Å². The van der Waals surface area contributed by atoms with Gasteiger partial charge in [-0.25, -0.2) is 4.85 Å². The summed E-state index contributed by atoms with van der Waals surface area (Å²) in [6.07, 6.45) is 6.03. The average Bonchev–Trinajstić information content (AvgIpc) is 3.65. The number of para-hydroxylation sites is 3. The molecule has 8 rings (SSSR count). The molecule has 0 saturated heterocycles. The standard InChI is InChI=1S/C41H30N4/c1-41(2)35-16-8-4-12-29(35)33-23-34-32-15-5-9-17-37(32)44(40(34)24-36(33)41)21-20-27(25-42)22-28(26-43-3)45-38-18-10-6-13-30(38)31-14-7-11-19-39(31)45/h4-21,23-24,26-27H,22H2,1-2H3/b21-20+,28-26-. The van der Waals surface area contributed by atoms with Gasteiger partial charge < -0.3 is 9.13 Å². The molecule has 0 bridgehead atoms. The molecule has 214 valence electrons. The van der Waals surface area contributed by atoms with E-state index < -0.39 is 5.92 Å². The third-order valence-electron chi connectivity index (χ3n) is 9.56. The predicted octanol–water partition coefficient (Wildman–Crippen LogP) is 10.6. The van der Waals surface area contributed by atoms with Crippen LogP contribution in [0.25, 0.3) is 71.5 Å². The minimum absolute atomic E-state index is 0.109. The zero-order chi connectivity index (χ0) is 30.7. The molecule has 1 unspecified atom stereocenters. The van der Waals surface area contributed by atoms with E-state index in [2.05, 4.69) is 125 Å². The molecule has 2 aromatic heterocycles. The zero-order valence-electron chi connectivity index (χ0n) is 25.2. The molecular weight excluding hydrogens is 548 g/mol. The quantitative estimate of drug-likeness (QED) is 0.187. The fourth-order valence-corrected chi connectivity index (χ4v) is 7.43. The van der Waals surface area contributed by atoms with Crippen molar-refractivity contribution in [3.05, 3.63) is 144 Å². The Hall–Kier alpha value is -5.84. The number of aromatic nitrogens is 2. The van der Waals surface area contributed by atoms with Gasteiger partial charge in [0.25, 0.3) is 0 Å². The van der Waals surface area contributed by atoms with E-state index in [1.54, 1.807) is 6.20 Å². The van der Waals surface area contributed by atoms with Crippen molar-refractivity contribution >= 4 is 55.5 Å². The minimum Gasteiger partial charge on any atom is -0.324 e. The summed E-state index contributed by atoms with van der Waals surface area (Å²) in [5.41, 5.74) is 10.3. The molecule has 7 aromatic rings. The molecule has 0 saturated carbocycles. The van der Waals surface area contributed by atoms with Gasteiger partial charge in [-0.3, -0.25) is 0 Å². The lowest BCUT2D eigenvalue weighted by Crippen LogP contribution is -2.14. The van der Waals surface area contributed by atoms with Crippen LogP contribution >= 0.6 is 0 Å². The first-order chi connectivity index (χ1) is 22.0. The summed E-state index contributed by atoms with van der Waals surface area (Å²) in [6, 6.07) is 41.0. The van der Waals surface area contributed by atoms with E-state index in [4.69, 9.17) is 6.57 Å². The second kappa shape index (κ2) is 10.1. The summed E-state index contributed by atoms with van der Waals surface area (Å²) in [4.78, 5) is 3.68. The van der Waals surface area contributed by atoms with Gasteiger partial charge in [-0.05, 0) is 59.0 Å². The summed E-state index contributed by atoms with van der Waals surface area (Å²) in [7, 11) is 0. The van der Waals surface area contributed by atoms with Crippen LogP contribution in [-0.2, 0) is 5.41 Å².